The number of aliphatic hydroxyl groups excluding tert-OH is 1. The van der Waals surface area contributed by atoms with Crippen LogP contribution in [-0.2, 0) is 11.2 Å². The molecule has 0 saturated carbocycles. The summed E-state index contributed by atoms with van der Waals surface area (Å²) in [6.07, 6.45) is 7.00. The first-order chi connectivity index (χ1) is 16.5. The van der Waals surface area contributed by atoms with Crippen molar-refractivity contribution in [2.75, 3.05) is 12.3 Å². The minimum atomic E-state index is -1.03. The van der Waals surface area contributed by atoms with Gasteiger partial charge < -0.3 is 15.1 Å². The Labute approximate surface area is 207 Å². The number of nitrogens with zero attached hydrogens (tertiary/aromatic N) is 2. The molecule has 2 heterocycles. The van der Waals surface area contributed by atoms with Crippen LogP contribution in [0.15, 0.2) is 64.3 Å². The maximum atomic E-state index is 12.3. The van der Waals surface area contributed by atoms with Crippen molar-refractivity contribution in [1.82, 2.24) is 9.88 Å². The summed E-state index contributed by atoms with van der Waals surface area (Å²) in [6, 6.07) is 14.8. The Morgan fingerprint density at radius 2 is 2.09 bits per heavy atom. The highest BCUT2D eigenvalue weighted by atomic mass is 32.2. The molecule has 1 aliphatic rings. The van der Waals surface area contributed by atoms with Crippen LogP contribution in [0.2, 0.25) is 0 Å². The van der Waals surface area contributed by atoms with Crippen LogP contribution in [0.3, 0.4) is 0 Å². The number of carbonyl (C=O) groups is 2. The summed E-state index contributed by atoms with van der Waals surface area (Å²) in [5.41, 5.74) is 1.33. The van der Waals surface area contributed by atoms with Crippen LogP contribution >= 0.6 is 23.1 Å². The molecule has 0 bridgehead atoms. The van der Waals surface area contributed by atoms with Crippen molar-refractivity contribution in [3.05, 3.63) is 71.3 Å². The normalized spacial score (nSPS) is 17.1. The number of carbonyl (C=O) groups excluding carboxylic acids is 1. The second kappa shape index (κ2) is 11.6. The Hall–Kier alpha value is -2.68. The smallest absolute Gasteiger partial charge is 0.355 e. The fourth-order valence-corrected chi connectivity index (χ4v) is 5.97. The van der Waals surface area contributed by atoms with E-state index in [-0.39, 0.29) is 17.6 Å². The van der Waals surface area contributed by atoms with Crippen LogP contribution < -0.4 is 0 Å². The Morgan fingerprint density at radius 1 is 1.26 bits per heavy atom. The number of likely N-dealkylation sites (tertiary alicyclic amines) is 1. The minimum absolute atomic E-state index is 0.00545. The number of fused-ring (bicyclic) bond motifs is 1. The van der Waals surface area contributed by atoms with Crippen LogP contribution in [0.5, 0.6) is 0 Å². The van der Waals surface area contributed by atoms with E-state index in [9.17, 15) is 14.7 Å². The van der Waals surface area contributed by atoms with E-state index in [1.165, 1.54) is 44.8 Å². The lowest BCUT2D eigenvalue weighted by Gasteiger charge is -2.22. The predicted octanol–water partition coefficient (Wildman–Crippen LogP) is 5.02. The number of rotatable bonds is 11. The topological polar surface area (TPSA) is 90.7 Å². The summed E-state index contributed by atoms with van der Waals surface area (Å²) in [7, 11) is 0. The third-order valence-corrected chi connectivity index (χ3v) is 7.97. The van der Waals surface area contributed by atoms with Gasteiger partial charge in [-0.25, -0.2) is 9.78 Å². The number of hydrogen-bond acceptors (Lipinski definition) is 6. The fourth-order valence-electron chi connectivity index (χ4n) is 4.16. The van der Waals surface area contributed by atoms with Gasteiger partial charge in [0.25, 0.3) is 0 Å². The Morgan fingerprint density at radius 3 is 2.88 bits per heavy atom. The van der Waals surface area contributed by atoms with Gasteiger partial charge in [-0.1, -0.05) is 66.4 Å². The molecule has 0 spiro atoms. The molecule has 1 amide bonds. The average Bonchev–Trinajstić information content (AvgIpc) is 3.45. The molecule has 2 N–H and O–H groups in total. The molecule has 0 aliphatic carbocycles. The van der Waals surface area contributed by atoms with Crippen LogP contribution in [0, 0.1) is 0 Å². The van der Waals surface area contributed by atoms with Gasteiger partial charge in [0.15, 0.2) is 10.0 Å². The van der Waals surface area contributed by atoms with Gasteiger partial charge in [-0.3, -0.25) is 4.79 Å². The number of thiazole rings is 1. The molecule has 1 aliphatic heterocycles. The van der Waals surface area contributed by atoms with Gasteiger partial charge in [0.05, 0.1) is 12.1 Å². The lowest BCUT2D eigenvalue weighted by molar-refractivity contribution is -0.128. The van der Waals surface area contributed by atoms with Gasteiger partial charge >= 0.3 is 5.97 Å². The summed E-state index contributed by atoms with van der Waals surface area (Å²) in [4.78, 5) is 29.2. The van der Waals surface area contributed by atoms with Crippen molar-refractivity contribution >= 4 is 45.7 Å². The summed E-state index contributed by atoms with van der Waals surface area (Å²) < 4.78 is 0.693. The highest BCUT2D eigenvalue weighted by molar-refractivity contribution is 8.01. The van der Waals surface area contributed by atoms with E-state index in [1.54, 1.807) is 0 Å². The molecular formula is C26H28N2O4S2. The molecular weight excluding hydrogens is 468 g/mol. The van der Waals surface area contributed by atoms with Gasteiger partial charge in [-0.05, 0) is 42.0 Å². The highest BCUT2D eigenvalue weighted by Gasteiger charge is 2.28. The summed E-state index contributed by atoms with van der Waals surface area (Å²) in [6.45, 7) is 0.568. The SMILES string of the molecule is O=C(O)c1csc(SCCN2C(=O)CC[C@@H]2C=C[C@@H](O)CCCc2ccc3ccccc3c2)n1. The van der Waals surface area contributed by atoms with Crippen molar-refractivity contribution in [3.63, 3.8) is 0 Å². The van der Waals surface area contributed by atoms with Crippen molar-refractivity contribution in [2.45, 2.75) is 48.6 Å². The highest BCUT2D eigenvalue weighted by Crippen LogP contribution is 2.25. The molecule has 0 unspecified atom stereocenters. The molecule has 2 atom stereocenters. The number of thioether (sulfide) groups is 1. The lowest BCUT2D eigenvalue weighted by Crippen LogP contribution is -2.33. The zero-order chi connectivity index (χ0) is 23.9. The molecule has 34 heavy (non-hydrogen) atoms. The van der Waals surface area contributed by atoms with Crippen molar-refractivity contribution < 1.29 is 19.8 Å². The number of aryl methyl sites for hydroxylation is 1. The van der Waals surface area contributed by atoms with Crippen molar-refractivity contribution in [1.29, 1.82) is 0 Å². The Bertz CT molecular complexity index is 1180. The van der Waals surface area contributed by atoms with E-state index in [1.807, 2.05) is 29.2 Å². The van der Waals surface area contributed by atoms with E-state index in [4.69, 9.17) is 5.11 Å². The van der Waals surface area contributed by atoms with E-state index in [0.29, 0.717) is 29.5 Å². The van der Waals surface area contributed by atoms with Crippen molar-refractivity contribution in [2.24, 2.45) is 0 Å². The number of carboxylic acid groups (broad SMARTS) is 1. The zero-order valence-electron chi connectivity index (χ0n) is 18.8. The molecule has 2 aromatic carbocycles. The number of benzene rings is 2. The number of aliphatic hydroxyl groups is 1. The van der Waals surface area contributed by atoms with E-state index in [2.05, 4.69) is 35.3 Å². The summed E-state index contributed by atoms with van der Waals surface area (Å²) in [5.74, 6) is -0.262. The third-order valence-electron chi connectivity index (χ3n) is 5.97. The molecule has 8 heteroatoms. The average molecular weight is 497 g/mol. The molecule has 4 rings (SSSR count). The quantitative estimate of drug-likeness (QED) is 0.286. The largest absolute Gasteiger partial charge is 0.476 e. The second-order valence-corrected chi connectivity index (χ2v) is 10.6. The Balaban J connectivity index is 1.22. The number of amides is 1. The maximum Gasteiger partial charge on any atom is 0.355 e. The number of carboxylic acids is 1. The number of hydrogen-bond donors (Lipinski definition) is 2. The van der Waals surface area contributed by atoms with E-state index < -0.39 is 12.1 Å². The summed E-state index contributed by atoms with van der Waals surface area (Å²) in [5, 5.41) is 23.4. The van der Waals surface area contributed by atoms with Gasteiger partial charge in [0, 0.05) is 24.1 Å². The predicted molar refractivity (Wildman–Crippen MR) is 137 cm³/mol. The van der Waals surface area contributed by atoms with Crippen LogP contribution in [-0.4, -0.2) is 56.4 Å². The van der Waals surface area contributed by atoms with Crippen LogP contribution in [0.25, 0.3) is 10.8 Å². The molecule has 1 saturated heterocycles. The first-order valence-electron chi connectivity index (χ1n) is 11.4. The van der Waals surface area contributed by atoms with Gasteiger partial charge in [-0.2, -0.15) is 0 Å². The molecule has 3 aromatic rings. The second-order valence-electron chi connectivity index (χ2n) is 8.37. The van der Waals surface area contributed by atoms with Gasteiger partial charge in [0.2, 0.25) is 5.91 Å². The Kier molecular flexibility index (Phi) is 8.37. The summed E-state index contributed by atoms with van der Waals surface area (Å²) >= 11 is 2.76. The van der Waals surface area contributed by atoms with E-state index in [0.717, 1.165) is 19.3 Å². The fraction of sp³-hybridized carbons (Fsp3) is 0.346. The first-order valence-corrected chi connectivity index (χ1v) is 13.3. The number of aromatic carboxylic acids is 1. The maximum absolute atomic E-state index is 12.3. The minimum Gasteiger partial charge on any atom is -0.476 e. The van der Waals surface area contributed by atoms with Crippen molar-refractivity contribution in [3.8, 4) is 0 Å². The van der Waals surface area contributed by atoms with Crippen LogP contribution in [0.4, 0.5) is 0 Å². The number of aromatic nitrogens is 1. The molecule has 6 nitrogen and oxygen atoms in total. The van der Waals surface area contributed by atoms with Crippen LogP contribution in [0.1, 0.15) is 41.7 Å². The first kappa shape index (κ1) is 24.4. The molecule has 0 radical (unpaired) electrons. The lowest BCUT2D eigenvalue weighted by atomic mass is 10.0. The molecule has 178 valence electrons. The van der Waals surface area contributed by atoms with Gasteiger partial charge in [-0.15, -0.1) is 11.3 Å². The van der Waals surface area contributed by atoms with Gasteiger partial charge in [0.1, 0.15) is 0 Å². The monoisotopic (exact) mass is 496 g/mol. The van der Waals surface area contributed by atoms with E-state index >= 15 is 0 Å². The third kappa shape index (κ3) is 6.46. The zero-order valence-corrected chi connectivity index (χ0v) is 20.4. The molecule has 1 fully saturated rings. The standard InChI is InChI=1S/C26H28N2O4S2/c29-22(7-3-4-18-8-9-19-5-1-2-6-20(19)16-18)12-10-21-11-13-24(30)28(21)14-15-33-26-27-23(17-34-26)25(31)32/h1-2,5-6,8-10,12,16-17,21-22,29H,3-4,7,11,13-15H2,(H,31,32)/t21-,22-/m0/s1. The molecule has 1 aromatic heterocycles.